The van der Waals surface area contributed by atoms with Crippen LogP contribution in [0.2, 0.25) is 0 Å². The van der Waals surface area contributed by atoms with Crippen molar-refractivity contribution in [1.82, 2.24) is 4.90 Å². The quantitative estimate of drug-likeness (QED) is 0.806. The fourth-order valence-electron chi connectivity index (χ4n) is 2.36. The lowest BCUT2D eigenvalue weighted by Gasteiger charge is -2.34. The largest absolute Gasteiger partial charge is 0.381 e. The number of halogens is 1. The number of aliphatic hydroxyl groups is 1. The van der Waals surface area contributed by atoms with E-state index in [1.54, 1.807) is 18.2 Å². The monoisotopic (exact) mass is 277 g/mol. The minimum absolute atomic E-state index is 0.00620. The van der Waals surface area contributed by atoms with Crippen LogP contribution in [0.15, 0.2) is 42.5 Å². The van der Waals surface area contributed by atoms with Gasteiger partial charge in [0, 0.05) is 12.5 Å². The van der Waals surface area contributed by atoms with E-state index < -0.39 is 5.60 Å². The summed E-state index contributed by atoms with van der Waals surface area (Å²) in [5.41, 5.74) is 0.591. The molecule has 2 unspecified atom stereocenters. The van der Waals surface area contributed by atoms with Gasteiger partial charge in [0.1, 0.15) is 11.4 Å². The third kappa shape index (κ3) is 4.02. The van der Waals surface area contributed by atoms with Crippen molar-refractivity contribution in [2.24, 2.45) is 5.92 Å². The van der Waals surface area contributed by atoms with Crippen LogP contribution in [0.5, 0.6) is 0 Å². The van der Waals surface area contributed by atoms with E-state index in [1.807, 2.05) is 38.9 Å². The average molecular weight is 277 g/mol. The van der Waals surface area contributed by atoms with Crippen molar-refractivity contribution < 1.29 is 9.50 Å². The number of benzene rings is 1. The van der Waals surface area contributed by atoms with E-state index in [0.717, 1.165) is 17.7 Å². The molecule has 1 aromatic carbocycles. The maximum Gasteiger partial charge on any atom is 0.123 e. The number of nitrogens with zero attached hydrogens (tertiary/aromatic N) is 1. The van der Waals surface area contributed by atoms with Crippen molar-refractivity contribution in [3.8, 4) is 0 Å². The van der Waals surface area contributed by atoms with Crippen LogP contribution in [0.3, 0.4) is 0 Å². The summed E-state index contributed by atoms with van der Waals surface area (Å²) in [5.74, 6) is -0.258. The second kappa shape index (κ2) is 6.82. The van der Waals surface area contributed by atoms with Crippen LogP contribution < -0.4 is 0 Å². The van der Waals surface area contributed by atoms with Crippen molar-refractivity contribution in [3.63, 3.8) is 0 Å². The number of hydrogen-bond donors (Lipinski definition) is 1. The van der Waals surface area contributed by atoms with Crippen molar-refractivity contribution in [3.05, 3.63) is 53.9 Å². The summed E-state index contributed by atoms with van der Waals surface area (Å²) in [4.78, 5) is 2.03. The summed E-state index contributed by atoms with van der Waals surface area (Å²) < 4.78 is 12.9. The maximum atomic E-state index is 12.9. The molecule has 0 heterocycles. The predicted octanol–water partition coefficient (Wildman–Crippen LogP) is 3.34. The van der Waals surface area contributed by atoms with Crippen molar-refractivity contribution >= 4 is 6.08 Å². The molecule has 0 aliphatic carbocycles. The Morgan fingerprint density at radius 2 is 1.95 bits per heavy atom. The molecule has 1 N–H and O–H groups in total. The molecule has 0 aromatic heterocycles. The highest BCUT2D eigenvalue weighted by Crippen LogP contribution is 2.29. The van der Waals surface area contributed by atoms with Gasteiger partial charge in [-0.15, -0.1) is 0 Å². The lowest BCUT2D eigenvalue weighted by atomic mass is 9.81. The lowest BCUT2D eigenvalue weighted by Crippen LogP contribution is -2.40. The van der Waals surface area contributed by atoms with Crippen LogP contribution in [0.1, 0.15) is 19.4 Å². The first kappa shape index (κ1) is 16.6. The van der Waals surface area contributed by atoms with E-state index in [-0.39, 0.29) is 11.7 Å². The molecule has 0 saturated heterocycles. The number of rotatable bonds is 6. The van der Waals surface area contributed by atoms with Crippen LogP contribution in [0.25, 0.3) is 6.08 Å². The fourth-order valence-corrected chi connectivity index (χ4v) is 2.36. The molecule has 0 fully saturated rings. The summed E-state index contributed by atoms with van der Waals surface area (Å²) in [6.07, 6.45) is 3.45. The van der Waals surface area contributed by atoms with E-state index >= 15 is 0 Å². The SMILES string of the molecule is C=CC(O)(/C(C)=C\c1ccc(F)cc1)C(C)CN(C)C. The molecule has 1 aromatic rings. The van der Waals surface area contributed by atoms with Gasteiger partial charge in [0.15, 0.2) is 0 Å². The summed E-state index contributed by atoms with van der Waals surface area (Å²) >= 11 is 0. The first-order valence-electron chi connectivity index (χ1n) is 6.74. The molecule has 1 rings (SSSR count). The van der Waals surface area contributed by atoms with Crippen molar-refractivity contribution in [1.29, 1.82) is 0 Å². The molecule has 0 aliphatic heterocycles. The third-order valence-corrected chi connectivity index (χ3v) is 3.59. The highest BCUT2D eigenvalue weighted by molar-refractivity contribution is 5.55. The van der Waals surface area contributed by atoms with E-state index in [2.05, 4.69) is 6.58 Å². The van der Waals surface area contributed by atoms with Gasteiger partial charge in [-0.05, 0) is 44.3 Å². The second-order valence-electron chi connectivity index (χ2n) is 5.57. The molecule has 3 heteroatoms. The van der Waals surface area contributed by atoms with Crippen LogP contribution >= 0.6 is 0 Å². The molecule has 20 heavy (non-hydrogen) atoms. The molecule has 2 nitrogen and oxygen atoms in total. The van der Waals surface area contributed by atoms with Gasteiger partial charge in [0.25, 0.3) is 0 Å². The number of hydrogen-bond acceptors (Lipinski definition) is 2. The molecule has 0 aliphatic rings. The predicted molar refractivity (Wildman–Crippen MR) is 82.9 cm³/mol. The Kier molecular flexibility index (Phi) is 5.66. The summed E-state index contributed by atoms with van der Waals surface area (Å²) in [6.45, 7) is 8.38. The zero-order valence-electron chi connectivity index (χ0n) is 12.7. The Bertz CT molecular complexity index is 478. The molecule has 0 saturated carbocycles. The van der Waals surface area contributed by atoms with Gasteiger partial charge in [-0.25, -0.2) is 4.39 Å². The molecule has 0 radical (unpaired) electrons. The summed E-state index contributed by atoms with van der Waals surface area (Å²) in [5, 5.41) is 10.8. The van der Waals surface area contributed by atoms with Crippen molar-refractivity contribution in [2.45, 2.75) is 19.4 Å². The minimum Gasteiger partial charge on any atom is -0.381 e. The van der Waals surface area contributed by atoms with Crippen LogP contribution in [-0.2, 0) is 0 Å². The van der Waals surface area contributed by atoms with E-state index in [1.165, 1.54) is 12.1 Å². The molecular weight excluding hydrogens is 253 g/mol. The molecule has 0 bridgehead atoms. The van der Waals surface area contributed by atoms with E-state index in [4.69, 9.17) is 0 Å². The standard InChI is InChI=1S/C17H24FNO/c1-6-17(20,14(3)12-19(4)5)13(2)11-15-7-9-16(18)10-8-15/h6-11,14,20H,1,12H2,2-5H3/b13-11-. The van der Waals surface area contributed by atoms with Crippen LogP contribution in [-0.4, -0.2) is 36.2 Å². The Morgan fingerprint density at radius 1 is 1.40 bits per heavy atom. The minimum atomic E-state index is -1.07. The Labute approximate surface area is 121 Å². The van der Waals surface area contributed by atoms with Gasteiger partial charge in [-0.2, -0.15) is 0 Å². The smallest absolute Gasteiger partial charge is 0.123 e. The first-order valence-corrected chi connectivity index (χ1v) is 6.74. The zero-order valence-corrected chi connectivity index (χ0v) is 12.7. The highest BCUT2D eigenvalue weighted by Gasteiger charge is 2.32. The van der Waals surface area contributed by atoms with Gasteiger partial charge in [0.2, 0.25) is 0 Å². The highest BCUT2D eigenvalue weighted by atomic mass is 19.1. The zero-order chi connectivity index (χ0) is 15.3. The van der Waals surface area contributed by atoms with Crippen molar-refractivity contribution in [2.75, 3.05) is 20.6 Å². The van der Waals surface area contributed by atoms with Crippen LogP contribution in [0, 0.1) is 11.7 Å². The van der Waals surface area contributed by atoms with Gasteiger partial charge < -0.3 is 10.0 Å². The topological polar surface area (TPSA) is 23.5 Å². The van der Waals surface area contributed by atoms with Crippen LogP contribution in [0.4, 0.5) is 4.39 Å². The maximum absolute atomic E-state index is 12.9. The Hall–Kier alpha value is -1.45. The first-order chi connectivity index (χ1) is 9.29. The average Bonchev–Trinajstić information content (AvgIpc) is 2.39. The molecular formula is C17H24FNO. The Balaban J connectivity index is 3.03. The summed E-state index contributed by atoms with van der Waals surface area (Å²) in [7, 11) is 3.94. The van der Waals surface area contributed by atoms with E-state index in [0.29, 0.717) is 0 Å². The van der Waals surface area contributed by atoms with E-state index in [9.17, 15) is 9.50 Å². The van der Waals surface area contributed by atoms with Gasteiger partial charge >= 0.3 is 0 Å². The lowest BCUT2D eigenvalue weighted by molar-refractivity contribution is 0.0596. The molecule has 2 atom stereocenters. The molecule has 0 amide bonds. The fraction of sp³-hybridized carbons (Fsp3) is 0.412. The summed E-state index contributed by atoms with van der Waals surface area (Å²) in [6, 6.07) is 6.21. The molecule has 0 spiro atoms. The normalized spacial score (nSPS) is 16.9. The Morgan fingerprint density at radius 3 is 2.40 bits per heavy atom. The molecule has 110 valence electrons. The third-order valence-electron chi connectivity index (χ3n) is 3.59. The van der Waals surface area contributed by atoms with Gasteiger partial charge in [-0.1, -0.05) is 37.8 Å². The van der Waals surface area contributed by atoms with Gasteiger partial charge in [0.05, 0.1) is 0 Å². The van der Waals surface area contributed by atoms with Gasteiger partial charge in [-0.3, -0.25) is 0 Å². The second-order valence-corrected chi connectivity index (χ2v) is 5.57.